The monoisotopic (exact) mass is 242 g/mol. The molecule has 0 radical (unpaired) electrons. The van der Waals surface area contributed by atoms with Crippen molar-refractivity contribution in [1.82, 2.24) is 9.97 Å². The maximum Gasteiger partial charge on any atom is 0.225 e. The van der Waals surface area contributed by atoms with E-state index in [-0.39, 0.29) is 0 Å². The van der Waals surface area contributed by atoms with E-state index in [1.54, 1.807) is 12.4 Å². The van der Waals surface area contributed by atoms with Crippen molar-refractivity contribution in [3.8, 4) is 0 Å². The first-order chi connectivity index (χ1) is 8.81. The Balaban J connectivity index is 2.19. The lowest BCUT2D eigenvalue weighted by molar-refractivity contribution is 0.740. The molecule has 94 valence electrons. The van der Waals surface area contributed by atoms with Crippen molar-refractivity contribution in [3.05, 3.63) is 48.3 Å². The van der Waals surface area contributed by atoms with Crippen LogP contribution in [0.3, 0.4) is 0 Å². The number of anilines is 2. The van der Waals surface area contributed by atoms with E-state index in [2.05, 4.69) is 21.8 Å². The van der Waals surface area contributed by atoms with Crippen LogP contribution in [0.1, 0.15) is 18.9 Å². The molecule has 0 unspecified atom stereocenters. The molecule has 0 saturated heterocycles. The van der Waals surface area contributed by atoms with E-state index in [1.165, 1.54) is 0 Å². The minimum absolute atomic E-state index is 0.741. The van der Waals surface area contributed by atoms with Gasteiger partial charge in [-0.2, -0.15) is 0 Å². The Labute approximate surface area is 107 Å². The number of nitrogen functional groups attached to an aromatic ring is 1. The number of hydrogen-bond acceptors (Lipinski definition) is 4. The molecular formula is C14H18N4. The molecule has 0 aliphatic heterocycles. The Morgan fingerprint density at radius 3 is 2.50 bits per heavy atom. The maximum absolute atomic E-state index is 5.98. The zero-order chi connectivity index (χ0) is 12.8. The second kappa shape index (κ2) is 6.00. The number of aromatic nitrogens is 2. The summed E-state index contributed by atoms with van der Waals surface area (Å²) >= 11 is 0. The van der Waals surface area contributed by atoms with E-state index < -0.39 is 0 Å². The molecular weight excluding hydrogens is 224 g/mol. The van der Waals surface area contributed by atoms with Crippen LogP contribution in [0.5, 0.6) is 0 Å². The molecule has 1 aromatic heterocycles. The summed E-state index contributed by atoms with van der Waals surface area (Å²) in [6.07, 6.45) is 4.57. The molecule has 18 heavy (non-hydrogen) atoms. The summed E-state index contributed by atoms with van der Waals surface area (Å²) in [5.74, 6) is 0.752. The molecule has 0 spiro atoms. The van der Waals surface area contributed by atoms with Crippen molar-refractivity contribution in [2.24, 2.45) is 0 Å². The fourth-order valence-corrected chi connectivity index (χ4v) is 1.86. The van der Waals surface area contributed by atoms with Gasteiger partial charge in [-0.25, -0.2) is 9.97 Å². The van der Waals surface area contributed by atoms with Crippen molar-refractivity contribution in [1.29, 1.82) is 0 Å². The minimum Gasteiger partial charge on any atom is -0.398 e. The van der Waals surface area contributed by atoms with Crippen molar-refractivity contribution in [2.45, 2.75) is 19.9 Å². The summed E-state index contributed by atoms with van der Waals surface area (Å²) in [6, 6.07) is 9.74. The van der Waals surface area contributed by atoms with Gasteiger partial charge in [0.15, 0.2) is 0 Å². The van der Waals surface area contributed by atoms with Crippen molar-refractivity contribution < 1.29 is 0 Å². The Morgan fingerprint density at radius 2 is 1.83 bits per heavy atom. The Kier molecular flexibility index (Phi) is 4.12. The third-order valence-corrected chi connectivity index (χ3v) is 2.74. The van der Waals surface area contributed by atoms with Crippen LogP contribution >= 0.6 is 0 Å². The van der Waals surface area contributed by atoms with E-state index >= 15 is 0 Å². The van der Waals surface area contributed by atoms with E-state index in [0.29, 0.717) is 0 Å². The lowest BCUT2D eigenvalue weighted by Crippen LogP contribution is -2.25. The number of hydrogen-bond donors (Lipinski definition) is 1. The van der Waals surface area contributed by atoms with E-state index in [0.717, 1.165) is 36.7 Å². The first-order valence-corrected chi connectivity index (χ1v) is 6.16. The fourth-order valence-electron chi connectivity index (χ4n) is 1.86. The third kappa shape index (κ3) is 2.97. The smallest absolute Gasteiger partial charge is 0.225 e. The average Bonchev–Trinajstić information content (AvgIpc) is 2.42. The molecule has 2 N–H and O–H groups in total. The molecule has 0 aliphatic rings. The number of para-hydroxylation sites is 1. The van der Waals surface area contributed by atoms with Crippen LogP contribution in [0.2, 0.25) is 0 Å². The van der Waals surface area contributed by atoms with Crippen LogP contribution < -0.4 is 10.6 Å². The largest absolute Gasteiger partial charge is 0.398 e. The average molecular weight is 242 g/mol. The number of rotatable bonds is 5. The Morgan fingerprint density at radius 1 is 1.11 bits per heavy atom. The molecule has 2 rings (SSSR count). The van der Waals surface area contributed by atoms with Crippen LogP contribution in [-0.2, 0) is 6.54 Å². The molecule has 0 amide bonds. The van der Waals surface area contributed by atoms with Gasteiger partial charge in [0.1, 0.15) is 0 Å². The number of nitrogens with two attached hydrogens (primary N) is 1. The van der Waals surface area contributed by atoms with Crippen molar-refractivity contribution in [2.75, 3.05) is 17.2 Å². The summed E-state index contributed by atoms with van der Waals surface area (Å²) < 4.78 is 0. The van der Waals surface area contributed by atoms with E-state index in [4.69, 9.17) is 5.73 Å². The van der Waals surface area contributed by atoms with Gasteiger partial charge >= 0.3 is 0 Å². The third-order valence-electron chi connectivity index (χ3n) is 2.74. The first kappa shape index (κ1) is 12.4. The predicted molar refractivity (Wildman–Crippen MR) is 74.2 cm³/mol. The highest BCUT2D eigenvalue weighted by Gasteiger charge is 2.10. The van der Waals surface area contributed by atoms with Gasteiger partial charge in [-0.05, 0) is 24.1 Å². The first-order valence-electron chi connectivity index (χ1n) is 6.16. The molecule has 2 aromatic rings. The van der Waals surface area contributed by atoms with Gasteiger partial charge in [0.2, 0.25) is 5.95 Å². The van der Waals surface area contributed by atoms with Gasteiger partial charge in [0.05, 0.1) is 0 Å². The normalized spacial score (nSPS) is 10.3. The molecule has 0 saturated carbocycles. The molecule has 0 aliphatic carbocycles. The van der Waals surface area contributed by atoms with Gasteiger partial charge in [-0.3, -0.25) is 0 Å². The Hall–Kier alpha value is -2.10. The molecule has 4 nitrogen and oxygen atoms in total. The summed E-state index contributed by atoms with van der Waals surface area (Å²) in [7, 11) is 0. The SMILES string of the molecule is CCCN(Cc1ccccc1N)c1ncccn1. The number of nitrogens with zero attached hydrogens (tertiary/aromatic N) is 3. The lowest BCUT2D eigenvalue weighted by atomic mass is 10.1. The standard InChI is InChI=1S/C14H18N4/c1-2-10-18(14-16-8-5-9-17-14)11-12-6-3-4-7-13(12)15/h3-9H,2,10-11,15H2,1H3. The zero-order valence-electron chi connectivity index (χ0n) is 10.6. The second-order valence-electron chi connectivity index (χ2n) is 4.17. The molecule has 1 aromatic carbocycles. The van der Waals surface area contributed by atoms with Crippen LogP contribution in [0.15, 0.2) is 42.7 Å². The topological polar surface area (TPSA) is 55.0 Å². The maximum atomic E-state index is 5.98. The molecule has 4 heteroatoms. The Bertz CT molecular complexity index is 484. The van der Waals surface area contributed by atoms with Gasteiger partial charge in [0.25, 0.3) is 0 Å². The summed E-state index contributed by atoms with van der Waals surface area (Å²) in [6.45, 7) is 3.80. The second-order valence-corrected chi connectivity index (χ2v) is 4.17. The molecule has 1 heterocycles. The van der Waals surface area contributed by atoms with Crippen LogP contribution in [0, 0.1) is 0 Å². The number of benzene rings is 1. The van der Waals surface area contributed by atoms with Crippen LogP contribution in [0.4, 0.5) is 11.6 Å². The van der Waals surface area contributed by atoms with E-state index in [9.17, 15) is 0 Å². The van der Waals surface area contributed by atoms with Crippen molar-refractivity contribution in [3.63, 3.8) is 0 Å². The zero-order valence-corrected chi connectivity index (χ0v) is 10.6. The summed E-state index contributed by atoms with van der Waals surface area (Å²) in [5, 5.41) is 0. The molecule has 0 atom stereocenters. The van der Waals surface area contributed by atoms with Gasteiger partial charge in [-0.15, -0.1) is 0 Å². The minimum atomic E-state index is 0.741. The quantitative estimate of drug-likeness (QED) is 0.818. The van der Waals surface area contributed by atoms with Crippen LogP contribution in [-0.4, -0.2) is 16.5 Å². The highest BCUT2D eigenvalue weighted by atomic mass is 15.2. The highest BCUT2D eigenvalue weighted by molar-refractivity contribution is 5.48. The van der Waals surface area contributed by atoms with Gasteiger partial charge < -0.3 is 10.6 Å². The lowest BCUT2D eigenvalue weighted by Gasteiger charge is -2.22. The summed E-state index contributed by atoms with van der Waals surface area (Å²) in [4.78, 5) is 10.7. The van der Waals surface area contributed by atoms with E-state index in [1.807, 2.05) is 30.3 Å². The van der Waals surface area contributed by atoms with Crippen LogP contribution in [0.25, 0.3) is 0 Å². The predicted octanol–water partition coefficient (Wildman–Crippen LogP) is 2.48. The molecule has 0 fully saturated rings. The molecule has 0 bridgehead atoms. The van der Waals surface area contributed by atoms with Gasteiger partial charge in [-0.1, -0.05) is 25.1 Å². The van der Waals surface area contributed by atoms with Crippen molar-refractivity contribution >= 4 is 11.6 Å². The van der Waals surface area contributed by atoms with Gasteiger partial charge in [0, 0.05) is 31.2 Å². The fraction of sp³-hybridized carbons (Fsp3) is 0.286. The summed E-state index contributed by atoms with van der Waals surface area (Å²) in [5.41, 5.74) is 7.90. The highest BCUT2D eigenvalue weighted by Crippen LogP contribution is 2.16.